The summed E-state index contributed by atoms with van der Waals surface area (Å²) in [5.41, 5.74) is 0. The third kappa shape index (κ3) is 16.1. The Morgan fingerprint density at radius 3 is 1.35 bits per heavy atom. The van der Waals surface area contributed by atoms with Gasteiger partial charge in [-0.15, -0.1) is 0 Å². The van der Waals surface area contributed by atoms with Crippen LogP contribution in [-0.2, 0) is 9.59 Å². The number of hydrogen-bond acceptors (Lipinski definition) is 6. The van der Waals surface area contributed by atoms with Crippen LogP contribution in [0, 0.1) is 11.8 Å². The largest absolute Gasteiger partial charge is 0.337 e. The number of imide groups is 2. The fraction of sp³-hybridized carbons (Fsp3) is 0.750. The Balaban J connectivity index is 3.53. The van der Waals surface area contributed by atoms with Gasteiger partial charge in [-0.3, -0.25) is 20.2 Å². The second-order valence-electron chi connectivity index (χ2n) is 6.45. The predicted molar refractivity (Wildman–Crippen MR) is 107 cm³/mol. The third-order valence-electron chi connectivity index (χ3n) is 2.72. The average Bonchev–Trinajstić information content (AvgIpc) is 2.47. The molecule has 0 unspecified atom stereocenters. The molecule has 26 heavy (non-hydrogen) atoms. The monoisotopic (exact) mass is 406 g/mol. The summed E-state index contributed by atoms with van der Waals surface area (Å²) in [7, 11) is 3.10. The van der Waals surface area contributed by atoms with Gasteiger partial charge in [-0.1, -0.05) is 49.3 Å². The lowest BCUT2D eigenvalue weighted by atomic mass is 10.1. The van der Waals surface area contributed by atoms with Crippen LogP contribution in [0.15, 0.2) is 0 Å². The second-order valence-corrected chi connectivity index (χ2v) is 9.15. The zero-order chi connectivity index (χ0) is 19.9. The van der Waals surface area contributed by atoms with Crippen LogP contribution >= 0.6 is 21.6 Å². The quantitative estimate of drug-likeness (QED) is 0.308. The number of carbonyl (C=O) groups is 4. The lowest BCUT2D eigenvalue weighted by Gasteiger charge is -2.08. The summed E-state index contributed by atoms with van der Waals surface area (Å²) < 4.78 is 0. The topological polar surface area (TPSA) is 116 Å². The smallest absolute Gasteiger partial charge is 0.321 e. The van der Waals surface area contributed by atoms with E-state index in [9.17, 15) is 19.2 Å². The highest BCUT2D eigenvalue weighted by atomic mass is 33.1. The summed E-state index contributed by atoms with van der Waals surface area (Å²) in [6.07, 6.45) is 0.642. The van der Waals surface area contributed by atoms with Crippen molar-refractivity contribution >= 4 is 45.5 Å². The Hall–Kier alpha value is -1.42. The van der Waals surface area contributed by atoms with Gasteiger partial charge in [0.15, 0.2) is 0 Å². The van der Waals surface area contributed by atoms with E-state index in [4.69, 9.17) is 0 Å². The molecule has 0 aliphatic heterocycles. The molecule has 8 nitrogen and oxygen atoms in total. The molecule has 0 rings (SSSR count). The molecular formula is C16H30N4O4S2. The van der Waals surface area contributed by atoms with Crippen molar-refractivity contribution < 1.29 is 19.2 Å². The molecule has 0 spiro atoms. The van der Waals surface area contributed by atoms with Gasteiger partial charge in [-0.05, 0) is 11.8 Å². The van der Waals surface area contributed by atoms with E-state index in [1.54, 1.807) is 21.6 Å². The third-order valence-corrected chi connectivity index (χ3v) is 5.13. The Kier molecular flexibility index (Phi) is 13.9. The zero-order valence-electron chi connectivity index (χ0n) is 15.8. The van der Waals surface area contributed by atoms with Crippen molar-refractivity contribution in [2.24, 2.45) is 11.8 Å². The summed E-state index contributed by atoms with van der Waals surface area (Å²) in [6, 6.07) is -0.962. The van der Waals surface area contributed by atoms with Crippen LogP contribution in [0.25, 0.3) is 0 Å². The molecule has 0 aromatic rings. The molecule has 0 aromatic carbocycles. The van der Waals surface area contributed by atoms with Crippen molar-refractivity contribution in [2.45, 2.75) is 40.5 Å². The molecule has 0 saturated heterocycles. The average molecular weight is 407 g/mol. The molecule has 10 heteroatoms. The van der Waals surface area contributed by atoms with Gasteiger partial charge in [0.2, 0.25) is 11.8 Å². The molecule has 0 radical (unpaired) electrons. The number of urea groups is 2. The number of nitrogens with one attached hydrogen (secondary N) is 4. The first-order valence-electron chi connectivity index (χ1n) is 8.60. The first-order valence-corrected chi connectivity index (χ1v) is 11.1. The van der Waals surface area contributed by atoms with Gasteiger partial charge in [-0.25, -0.2) is 9.59 Å². The van der Waals surface area contributed by atoms with Crippen LogP contribution in [0.3, 0.4) is 0 Å². The van der Waals surface area contributed by atoms with Gasteiger partial charge >= 0.3 is 12.1 Å². The standard InChI is InChI=1S/C16H30N4O4S2/c1-11(2)9-13(21)19-15(23)17-5-7-25-26-8-6-18-16(24)20-14(22)10-12(3)4/h11-12H,5-10H2,1-4H3,(H2,17,19,21,23)(H2,18,20,22,24). The van der Waals surface area contributed by atoms with Gasteiger partial charge in [-0.2, -0.15) is 0 Å². The Morgan fingerprint density at radius 1 is 0.692 bits per heavy atom. The molecule has 0 aliphatic carbocycles. The molecule has 0 fully saturated rings. The normalized spacial score (nSPS) is 10.5. The number of carbonyl (C=O) groups excluding carboxylic acids is 4. The molecular weight excluding hydrogens is 376 g/mol. The van der Waals surface area contributed by atoms with Gasteiger partial charge in [0, 0.05) is 37.4 Å². The van der Waals surface area contributed by atoms with E-state index in [0.717, 1.165) is 0 Å². The van der Waals surface area contributed by atoms with Gasteiger partial charge in [0.1, 0.15) is 0 Å². The summed E-state index contributed by atoms with van der Waals surface area (Å²) in [6.45, 7) is 8.52. The first-order chi connectivity index (χ1) is 12.2. The van der Waals surface area contributed by atoms with Crippen molar-refractivity contribution in [1.82, 2.24) is 21.3 Å². The van der Waals surface area contributed by atoms with Gasteiger partial charge in [0.25, 0.3) is 0 Å². The van der Waals surface area contributed by atoms with E-state index in [-0.39, 0.29) is 23.7 Å². The molecule has 0 saturated carbocycles. The number of amides is 6. The van der Waals surface area contributed by atoms with E-state index < -0.39 is 12.1 Å². The van der Waals surface area contributed by atoms with Crippen LogP contribution in [0.2, 0.25) is 0 Å². The van der Waals surface area contributed by atoms with E-state index in [1.165, 1.54) is 0 Å². The number of hydrogen-bond donors (Lipinski definition) is 4. The fourth-order valence-electron chi connectivity index (χ4n) is 1.72. The minimum Gasteiger partial charge on any atom is -0.337 e. The predicted octanol–water partition coefficient (Wildman–Crippen LogP) is 2.11. The van der Waals surface area contributed by atoms with Crippen LogP contribution in [0.1, 0.15) is 40.5 Å². The van der Waals surface area contributed by atoms with Crippen LogP contribution in [-0.4, -0.2) is 48.5 Å². The lowest BCUT2D eigenvalue weighted by Crippen LogP contribution is -2.40. The molecule has 6 amide bonds. The minimum absolute atomic E-state index is 0.207. The summed E-state index contributed by atoms with van der Waals surface area (Å²) in [4.78, 5) is 45.7. The van der Waals surface area contributed by atoms with Crippen molar-refractivity contribution in [3.63, 3.8) is 0 Å². The molecule has 0 aromatic heterocycles. The molecule has 0 heterocycles. The maximum Gasteiger partial charge on any atom is 0.321 e. The highest BCUT2D eigenvalue weighted by molar-refractivity contribution is 8.76. The highest BCUT2D eigenvalue weighted by Gasteiger charge is 2.09. The van der Waals surface area contributed by atoms with E-state index >= 15 is 0 Å². The Bertz CT molecular complexity index is 431. The highest BCUT2D eigenvalue weighted by Crippen LogP contribution is 2.19. The Labute approximate surface area is 163 Å². The molecule has 0 bridgehead atoms. The molecule has 0 aliphatic rings. The molecule has 0 atom stereocenters. The van der Waals surface area contributed by atoms with E-state index in [1.807, 2.05) is 27.7 Å². The van der Waals surface area contributed by atoms with Gasteiger partial charge in [0.05, 0.1) is 0 Å². The van der Waals surface area contributed by atoms with Gasteiger partial charge < -0.3 is 10.6 Å². The second kappa shape index (κ2) is 14.7. The summed E-state index contributed by atoms with van der Waals surface area (Å²) in [5.74, 6) is 1.20. The van der Waals surface area contributed by atoms with Crippen molar-refractivity contribution in [1.29, 1.82) is 0 Å². The van der Waals surface area contributed by atoms with Crippen LogP contribution < -0.4 is 21.3 Å². The summed E-state index contributed by atoms with van der Waals surface area (Å²) >= 11 is 0. The van der Waals surface area contributed by atoms with Crippen LogP contribution in [0.5, 0.6) is 0 Å². The van der Waals surface area contributed by atoms with Crippen molar-refractivity contribution in [2.75, 3.05) is 24.6 Å². The Morgan fingerprint density at radius 2 is 1.04 bits per heavy atom. The van der Waals surface area contributed by atoms with Crippen LogP contribution in [0.4, 0.5) is 9.59 Å². The minimum atomic E-state index is -0.481. The SMILES string of the molecule is CC(C)CC(=O)NC(=O)NCCSSCCNC(=O)NC(=O)CC(C)C. The maximum atomic E-state index is 11.5. The molecule has 4 N–H and O–H groups in total. The van der Waals surface area contributed by atoms with Crippen molar-refractivity contribution in [3.05, 3.63) is 0 Å². The van der Waals surface area contributed by atoms with E-state index in [2.05, 4.69) is 21.3 Å². The summed E-state index contributed by atoms with van der Waals surface area (Å²) in [5, 5.41) is 9.77. The fourth-order valence-corrected chi connectivity index (χ4v) is 3.53. The molecule has 150 valence electrons. The maximum absolute atomic E-state index is 11.5. The van der Waals surface area contributed by atoms with E-state index in [0.29, 0.717) is 37.4 Å². The first kappa shape index (κ1) is 24.6. The number of rotatable bonds is 11. The zero-order valence-corrected chi connectivity index (χ0v) is 17.5. The lowest BCUT2D eigenvalue weighted by molar-refractivity contribution is -0.121. The van der Waals surface area contributed by atoms with Crippen molar-refractivity contribution in [3.8, 4) is 0 Å².